The molecule has 3 aromatic rings. The van der Waals surface area contributed by atoms with E-state index < -0.39 is 0 Å². The van der Waals surface area contributed by atoms with E-state index in [1.54, 1.807) is 4.57 Å². The molecule has 2 saturated carbocycles. The fraction of sp³-hybridized carbons (Fsp3) is 0.500. The molecule has 2 fully saturated rings. The molecule has 4 aliphatic carbocycles. The molecule has 0 spiro atoms. The van der Waals surface area contributed by atoms with Gasteiger partial charge in [-0.3, -0.25) is 0 Å². The third-order valence-corrected chi connectivity index (χ3v) is 11.0. The Morgan fingerprint density at radius 2 is 1.58 bits per heavy atom. The Labute approximate surface area is 192 Å². The molecule has 9 rings (SSSR count). The van der Waals surface area contributed by atoms with Crippen LogP contribution in [0.1, 0.15) is 69.3 Å². The van der Waals surface area contributed by atoms with Crippen LogP contribution in [0.15, 0.2) is 58.1 Å². The van der Waals surface area contributed by atoms with Gasteiger partial charge in [-0.1, -0.05) is 69.3 Å². The van der Waals surface area contributed by atoms with Crippen molar-refractivity contribution in [3.63, 3.8) is 0 Å². The van der Waals surface area contributed by atoms with Crippen molar-refractivity contribution >= 4 is 10.8 Å². The zero-order valence-electron chi connectivity index (χ0n) is 19.4. The van der Waals surface area contributed by atoms with Crippen molar-refractivity contribution in [1.82, 2.24) is 13.9 Å². The van der Waals surface area contributed by atoms with Crippen LogP contribution in [0.2, 0.25) is 0 Å². The van der Waals surface area contributed by atoms with Gasteiger partial charge in [0.15, 0.2) is 0 Å². The summed E-state index contributed by atoms with van der Waals surface area (Å²) < 4.78 is 5.38. The van der Waals surface area contributed by atoms with Gasteiger partial charge in [-0.2, -0.15) is 0 Å². The van der Waals surface area contributed by atoms with Gasteiger partial charge in [0.1, 0.15) is 0 Å². The maximum atomic E-state index is 14.1. The first kappa shape index (κ1) is 18.6. The largest absolute Gasteiger partial charge is 0.348 e. The van der Waals surface area contributed by atoms with Gasteiger partial charge in [-0.15, -0.1) is 0 Å². The zero-order chi connectivity index (χ0) is 22.4. The van der Waals surface area contributed by atoms with Crippen LogP contribution in [-0.4, -0.2) is 13.9 Å². The molecule has 2 aromatic carbocycles. The summed E-state index contributed by atoms with van der Waals surface area (Å²) in [6.45, 7) is 7.01. The second-order valence-electron chi connectivity index (χ2n) is 12.0. The molecule has 6 aliphatic rings. The second-order valence-corrected chi connectivity index (χ2v) is 12.0. The summed E-state index contributed by atoms with van der Waals surface area (Å²) in [5.41, 5.74) is 2.42. The highest BCUT2D eigenvalue weighted by molar-refractivity contribution is 5.88. The van der Waals surface area contributed by atoms with Gasteiger partial charge in [0.2, 0.25) is 0 Å². The maximum Gasteiger partial charge on any atom is 0.348 e. The van der Waals surface area contributed by atoms with Crippen LogP contribution in [-0.2, 0) is 0 Å². The van der Waals surface area contributed by atoms with Gasteiger partial charge in [-0.05, 0) is 57.9 Å². The number of fused-ring (bicyclic) bond motifs is 3. The third kappa shape index (κ3) is 1.81. The lowest BCUT2D eigenvalue weighted by Gasteiger charge is -2.52. The number of nitrogens with zero attached hydrogens (tertiary/aromatic N) is 3. The molecule has 1 aromatic heterocycles. The summed E-state index contributed by atoms with van der Waals surface area (Å²) in [6.07, 6.45) is 7.75. The lowest BCUT2D eigenvalue weighted by molar-refractivity contribution is 0.103. The van der Waals surface area contributed by atoms with Crippen molar-refractivity contribution < 1.29 is 0 Å². The molecule has 3 heterocycles. The number of benzene rings is 2. The van der Waals surface area contributed by atoms with Crippen LogP contribution in [0.25, 0.3) is 10.8 Å². The first-order valence-corrected chi connectivity index (χ1v) is 12.5. The summed E-state index contributed by atoms with van der Waals surface area (Å²) in [4.78, 5) is 28.2. The number of rotatable bonds is 1. The first-order chi connectivity index (χ1) is 15.8. The average molecular weight is 440 g/mol. The zero-order valence-corrected chi connectivity index (χ0v) is 19.4. The molecule has 0 amide bonds. The summed E-state index contributed by atoms with van der Waals surface area (Å²) in [5.74, 6) is 1.16. The van der Waals surface area contributed by atoms with E-state index in [-0.39, 0.29) is 46.3 Å². The predicted octanol–water partition coefficient (Wildman–Crippen LogP) is 4.66. The second kappa shape index (κ2) is 5.45. The monoisotopic (exact) mass is 439 g/mol. The number of aromatic nitrogens is 3. The standard InChI is InChI=1S/C28H29N3O2/c1-27(2)16-12-13-28(27,3)21(14-16)29-25(32)30-23-18-10-11-19(18)24(31(30)26(29)33)22-17-7-5-4-6-15(17)8-9-20(22)23/h4-11,16,18-19,21,23-24H,12-14H2,1-3H3/t16-,18+,19-,21+,23+,24+,28-/m0/s1. The van der Waals surface area contributed by atoms with Crippen LogP contribution in [0.4, 0.5) is 0 Å². The van der Waals surface area contributed by atoms with Crippen molar-refractivity contribution in [2.75, 3.05) is 0 Å². The number of hydrogen-bond acceptors (Lipinski definition) is 2. The molecule has 168 valence electrons. The number of allylic oxidation sites excluding steroid dienone is 2. The molecule has 7 atom stereocenters. The van der Waals surface area contributed by atoms with Crippen molar-refractivity contribution in [3.05, 3.63) is 80.6 Å². The topological polar surface area (TPSA) is 48.9 Å². The van der Waals surface area contributed by atoms with Crippen molar-refractivity contribution in [1.29, 1.82) is 0 Å². The molecule has 0 unspecified atom stereocenters. The van der Waals surface area contributed by atoms with Gasteiger partial charge in [0.05, 0.1) is 12.1 Å². The number of hydrogen-bond donors (Lipinski definition) is 0. The summed E-state index contributed by atoms with van der Waals surface area (Å²) in [6, 6.07) is 12.6. The van der Waals surface area contributed by atoms with Gasteiger partial charge in [0, 0.05) is 17.9 Å². The molecule has 33 heavy (non-hydrogen) atoms. The molecule has 4 bridgehead atoms. The van der Waals surface area contributed by atoms with Crippen LogP contribution in [0, 0.1) is 28.6 Å². The van der Waals surface area contributed by atoms with Crippen molar-refractivity contribution in [3.8, 4) is 0 Å². The molecular weight excluding hydrogens is 410 g/mol. The molecule has 2 aliphatic heterocycles. The Hall–Kier alpha value is -2.82. The van der Waals surface area contributed by atoms with E-state index in [0.717, 1.165) is 12.8 Å². The Bertz CT molecular complexity index is 1530. The first-order valence-electron chi connectivity index (χ1n) is 12.5. The maximum absolute atomic E-state index is 14.1. The van der Waals surface area contributed by atoms with Gasteiger partial charge in [0.25, 0.3) is 0 Å². The van der Waals surface area contributed by atoms with E-state index in [9.17, 15) is 9.59 Å². The van der Waals surface area contributed by atoms with E-state index >= 15 is 0 Å². The minimum Gasteiger partial charge on any atom is -0.246 e. The third-order valence-electron chi connectivity index (χ3n) is 11.0. The minimum atomic E-state index is -0.105. The fourth-order valence-electron chi connectivity index (χ4n) is 8.69. The van der Waals surface area contributed by atoms with E-state index in [4.69, 9.17) is 0 Å². The molecule has 0 N–H and O–H groups in total. The highest BCUT2D eigenvalue weighted by Crippen LogP contribution is 2.69. The predicted molar refractivity (Wildman–Crippen MR) is 128 cm³/mol. The quantitative estimate of drug-likeness (QED) is 0.518. The molecule has 0 saturated heterocycles. The highest BCUT2D eigenvalue weighted by Gasteiger charge is 2.63. The van der Waals surface area contributed by atoms with Gasteiger partial charge in [-0.25, -0.2) is 23.5 Å². The summed E-state index contributed by atoms with van der Waals surface area (Å²) in [5, 5.41) is 2.42. The van der Waals surface area contributed by atoms with Crippen LogP contribution >= 0.6 is 0 Å². The lowest BCUT2D eigenvalue weighted by Crippen LogP contribution is -2.53. The van der Waals surface area contributed by atoms with Crippen LogP contribution in [0.3, 0.4) is 0 Å². The Morgan fingerprint density at radius 3 is 2.24 bits per heavy atom. The van der Waals surface area contributed by atoms with E-state index in [0.29, 0.717) is 11.8 Å². The molecule has 0 radical (unpaired) electrons. The Kier molecular flexibility index (Phi) is 3.07. The smallest absolute Gasteiger partial charge is 0.246 e. The van der Waals surface area contributed by atoms with E-state index in [2.05, 4.69) is 69.3 Å². The Morgan fingerprint density at radius 1 is 0.879 bits per heavy atom. The Balaban J connectivity index is 1.41. The van der Waals surface area contributed by atoms with E-state index in [1.165, 1.54) is 28.3 Å². The highest BCUT2D eigenvalue weighted by atomic mass is 16.2. The molecule has 5 heteroatoms. The minimum absolute atomic E-state index is 0.0123. The summed E-state index contributed by atoms with van der Waals surface area (Å²) >= 11 is 0. The fourth-order valence-corrected chi connectivity index (χ4v) is 8.69. The normalized spacial score (nSPS) is 38.3. The van der Waals surface area contributed by atoms with Crippen molar-refractivity contribution in [2.24, 2.45) is 28.6 Å². The molecule has 5 nitrogen and oxygen atoms in total. The van der Waals surface area contributed by atoms with Gasteiger partial charge >= 0.3 is 11.4 Å². The average Bonchev–Trinajstić information content (AvgIpc) is 3.25. The SMILES string of the molecule is CC1(C)[C@H]2CC[C@@]1(C)[C@H](n1c(=O)n3n(c1=O)[C@H]1c4c(ccc5ccccc45)[C@H]3[C@@H]3C=C[C@@H]31)C2. The molecular formula is C28H29N3O2. The summed E-state index contributed by atoms with van der Waals surface area (Å²) in [7, 11) is 0. The van der Waals surface area contributed by atoms with Crippen molar-refractivity contribution in [2.45, 2.75) is 58.2 Å². The lowest BCUT2D eigenvalue weighted by atomic mass is 9.62. The van der Waals surface area contributed by atoms with E-state index in [1.807, 2.05) is 9.36 Å². The van der Waals surface area contributed by atoms with Crippen LogP contribution < -0.4 is 11.4 Å². The van der Waals surface area contributed by atoms with Gasteiger partial charge < -0.3 is 0 Å². The van der Waals surface area contributed by atoms with Crippen LogP contribution in [0.5, 0.6) is 0 Å².